The fraction of sp³-hybridized carbons (Fsp3) is 0.318. The van der Waals surface area contributed by atoms with E-state index in [0.29, 0.717) is 37.4 Å². The fourth-order valence-corrected chi connectivity index (χ4v) is 6.81. The van der Waals surface area contributed by atoms with Crippen LogP contribution in [0.25, 0.3) is 12.2 Å². The van der Waals surface area contributed by atoms with E-state index in [1.807, 2.05) is 135 Å². The van der Waals surface area contributed by atoms with Crippen LogP contribution in [0.15, 0.2) is 109 Å². The molecule has 2 saturated heterocycles. The molecule has 0 radical (unpaired) electrons. The standard InChI is InChI=1S/C44H48N4O8/c1-3-53-37-25-39(47(27-37)43(51)55-29-33-11-7-5-8-12-33)41(49)45-35-21-17-31(18-22-35)15-16-32-19-23-36(24-20-32)46-42(50)40-26-38(54-4-2)28-48(40)44(52)56-30-34-13-9-6-10-14-34/h5-24,37-40H,3-4,25-30H2,1-2H3,(H,45,49)(H,46,50)/t37-,38+,39-,40-/m0/s1. The molecule has 56 heavy (non-hydrogen) atoms. The molecule has 2 aliphatic rings. The molecule has 2 N–H and O–H groups in total. The monoisotopic (exact) mass is 760 g/mol. The molecular formula is C44H48N4O8. The zero-order chi connectivity index (χ0) is 39.3. The first-order valence-corrected chi connectivity index (χ1v) is 19.0. The molecule has 12 nitrogen and oxygen atoms in total. The van der Waals surface area contributed by atoms with Gasteiger partial charge in [-0.2, -0.15) is 0 Å². The Morgan fingerprint density at radius 3 is 1.30 bits per heavy atom. The molecule has 0 aliphatic carbocycles. The Morgan fingerprint density at radius 2 is 0.946 bits per heavy atom. The molecule has 4 atom stereocenters. The van der Waals surface area contributed by atoms with Gasteiger partial charge in [0.1, 0.15) is 25.3 Å². The first kappa shape index (κ1) is 39.7. The molecule has 4 aromatic carbocycles. The third kappa shape index (κ3) is 10.8. The first-order chi connectivity index (χ1) is 27.3. The van der Waals surface area contributed by atoms with E-state index >= 15 is 0 Å². The summed E-state index contributed by atoms with van der Waals surface area (Å²) in [6, 6.07) is 32.1. The molecular weight excluding hydrogens is 713 g/mol. The largest absolute Gasteiger partial charge is 0.445 e. The lowest BCUT2D eigenvalue weighted by Gasteiger charge is -2.23. The minimum absolute atomic E-state index is 0.115. The van der Waals surface area contributed by atoms with Crippen molar-refractivity contribution in [3.8, 4) is 0 Å². The van der Waals surface area contributed by atoms with Gasteiger partial charge >= 0.3 is 12.2 Å². The van der Waals surface area contributed by atoms with Gasteiger partial charge in [0.15, 0.2) is 0 Å². The topological polar surface area (TPSA) is 136 Å². The van der Waals surface area contributed by atoms with Gasteiger partial charge in [0, 0.05) is 37.4 Å². The van der Waals surface area contributed by atoms with Crippen LogP contribution in [-0.4, -0.2) is 84.4 Å². The zero-order valence-corrected chi connectivity index (χ0v) is 31.7. The predicted octanol–water partition coefficient (Wildman–Crippen LogP) is 7.37. The van der Waals surface area contributed by atoms with Gasteiger partial charge in [0.2, 0.25) is 11.8 Å². The van der Waals surface area contributed by atoms with Gasteiger partial charge in [-0.25, -0.2) is 9.59 Å². The van der Waals surface area contributed by atoms with E-state index in [-0.39, 0.29) is 50.3 Å². The lowest BCUT2D eigenvalue weighted by Crippen LogP contribution is -2.43. The molecule has 0 unspecified atom stereocenters. The molecule has 0 bridgehead atoms. The number of ether oxygens (including phenoxy) is 4. The summed E-state index contributed by atoms with van der Waals surface area (Å²) in [5, 5.41) is 5.88. The predicted molar refractivity (Wildman–Crippen MR) is 213 cm³/mol. The summed E-state index contributed by atoms with van der Waals surface area (Å²) in [5.74, 6) is -0.617. The van der Waals surface area contributed by atoms with Gasteiger partial charge in [-0.05, 0) is 60.4 Å². The highest BCUT2D eigenvalue weighted by Gasteiger charge is 2.42. The maximum atomic E-state index is 13.4. The van der Waals surface area contributed by atoms with Gasteiger partial charge in [0.05, 0.1) is 25.3 Å². The molecule has 6 rings (SSSR count). The molecule has 0 saturated carbocycles. The van der Waals surface area contributed by atoms with Gasteiger partial charge < -0.3 is 29.6 Å². The number of hydrogen-bond donors (Lipinski definition) is 2. The number of likely N-dealkylation sites (tertiary alicyclic amines) is 2. The van der Waals surface area contributed by atoms with Crippen LogP contribution in [0.4, 0.5) is 21.0 Å². The average Bonchev–Trinajstić information content (AvgIpc) is 3.86. The Balaban J connectivity index is 1.01. The van der Waals surface area contributed by atoms with Gasteiger partial charge in [-0.3, -0.25) is 19.4 Å². The second kappa shape index (κ2) is 19.6. The summed E-state index contributed by atoms with van der Waals surface area (Å²) in [6.07, 6.45) is 3.01. The minimum Gasteiger partial charge on any atom is -0.445 e. The van der Waals surface area contributed by atoms with Crippen LogP contribution in [0.3, 0.4) is 0 Å². The van der Waals surface area contributed by atoms with Crippen molar-refractivity contribution in [2.75, 3.05) is 36.9 Å². The zero-order valence-electron chi connectivity index (χ0n) is 31.7. The van der Waals surface area contributed by atoms with E-state index in [9.17, 15) is 19.2 Å². The lowest BCUT2D eigenvalue weighted by atomic mass is 10.1. The third-order valence-corrected chi connectivity index (χ3v) is 9.64. The van der Waals surface area contributed by atoms with E-state index < -0.39 is 24.3 Å². The highest BCUT2D eigenvalue weighted by atomic mass is 16.6. The van der Waals surface area contributed by atoms with Crippen molar-refractivity contribution < 1.29 is 38.1 Å². The van der Waals surface area contributed by atoms with Gasteiger partial charge in [0.25, 0.3) is 0 Å². The number of nitrogens with zero attached hydrogens (tertiary/aromatic N) is 2. The number of carbonyl (C=O) groups is 4. The summed E-state index contributed by atoms with van der Waals surface area (Å²) >= 11 is 0. The van der Waals surface area contributed by atoms with E-state index in [1.165, 1.54) is 9.80 Å². The highest BCUT2D eigenvalue weighted by molar-refractivity contribution is 5.98. The van der Waals surface area contributed by atoms with Crippen molar-refractivity contribution in [1.29, 1.82) is 0 Å². The minimum atomic E-state index is -0.729. The summed E-state index contributed by atoms with van der Waals surface area (Å²) in [6.45, 7) is 5.51. The average molecular weight is 761 g/mol. The first-order valence-electron chi connectivity index (χ1n) is 19.0. The van der Waals surface area contributed by atoms with E-state index in [0.717, 1.165) is 22.3 Å². The quantitative estimate of drug-likeness (QED) is 0.127. The summed E-state index contributed by atoms with van der Waals surface area (Å²) in [5.41, 5.74) is 4.75. The molecule has 4 amide bonds. The number of hydrogen-bond acceptors (Lipinski definition) is 8. The van der Waals surface area contributed by atoms with E-state index in [1.54, 1.807) is 0 Å². The van der Waals surface area contributed by atoms with Gasteiger partial charge in [-0.1, -0.05) is 97.1 Å². The van der Waals surface area contributed by atoms with Crippen LogP contribution in [0.2, 0.25) is 0 Å². The highest BCUT2D eigenvalue weighted by Crippen LogP contribution is 2.26. The van der Waals surface area contributed by atoms with Crippen molar-refractivity contribution >= 4 is 47.5 Å². The summed E-state index contributed by atoms with van der Waals surface area (Å²) in [4.78, 5) is 55.7. The smallest absolute Gasteiger partial charge is 0.410 e. The maximum absolute atomic E-state index is 13.4. The molecule has 0 aromatic heterocycles. The number of benzene rings is 4. The fourth-order valence-electron chi connectivity index (χ4n) is 6.81. The number of anilines is 2. The molecule has 4 aromatic rings. The van der Waals surface area contributed by atoms with Crippen LogP contribution in [0, 0.1) is 0 Å². The Morgan fingerprint density at radius 1 is 0.571 bits per heavy atom. The molecule has 2 heterocycles. The Labute approximate surface area is 327 Å². The molecule has 12 heteroatoms. The van der Waals surface area contributed by atoms with Gasteiger partial charge in [-0.15, -0.1) is 0 Å². The van der Waals surface area contributed by atoms with Crippen LogP contribution < -0.4 is 10.6 Å². The van der Waals surface area contributed by atoms with Crippen molar-refractivity contribution in [2.24, 2.45) is 0 Å². The van der Waals surface area contributed by atoms with Crippen molar-refractivity contribution in [3.63, 3.8) is 0 Å². The SMILES string of the molecule is CCO[C@@H]1C[C@@H](C(=O)Nc2ccc(C=Cc3ccc(NC(=O)[C@@H]4C[C@H](OCC)CN4C(=O)OCc4ccccc4)cc3)cc2)N(C(=O)OCc2ccccc2)C1. The summed E-state index contributed by atoms with van der Waals surface area (Å²) < 4.78 is 22.6. The van der Waals surface area contributed by atoms with Crippen molar-refractivity contribution in [2.45, 2.75) is 64.2 Å². The Kier molecular flexibility index (Phi) is 13.9. The van der Waals surface area contributed by atoms with E-state index in [4.69, 9.17) is 18.9 Å². The van der Waals surface area contributed by atoms with Crippen molar-refractivity contribution in [3.05, 3.63) is 131 Å². The normalized spacial score (nSPS) is 19.2. The summed E-state index contributed by atoms with van der Waals surface area (Å²) in [7, 11) is 0. The third-order valence-electron chi connectivity index (χ3n) is 9.64. The molecule has 2 aliphatic heterocycles. The number of nitrogens with one attached hydrogen (secondary N) is 2. The maximum Gasteiger partial charge on any atom is 0.410 e. The molecule has 0 spiro atoms. The van der Waals surface area contributed by atoms with Crippen LogP contribution in [0.1, 0.15) is 48.9 Å². The van der Waals surface area contributed by atoms with Crippen LogP contribution >= 0.6 is 0 Å². The van der Waals surface area contributed by atoms with Crippen LogP contribution in [-0.2, 0) is 41.8 Å². The molecule has 2 fully saturated rings. The second-order valence-electron chi connectivity index (χ2n) is 13.6. The Hall–Kier alpha value is -5.98. The number of amides is 4. The van der Waals surface area contributed by atoms with E-state index in [2.05, 4.69) is 10.6 Å². The van der Waals surface area contributed by atoms with Crippen LogP contribution in [0.5, 0.6) is 0 Å². The lowest BCUT2D eigenvalue weighted by molar-refractivity contribution is -0.120. The number of carbonyl (C=O) groups excluding carboxylic acids is 4. The second-order valence-corrected chi connectivity index (χ2v) is 13.6. The number of rotatable bonds is 14. The molecule has 292 valence electrons. The Bertz CT molecular complexity index is 1800. The van der Waals surface area contributed by atoms with Crippen molar-refractivity contribution in [1.82, 2.24) is 9.80 Å².